The predicted octanol–water partition coefficient (Wildman–Crippen LogP) is 4.35. The molecule has 0 saturated carbocycles. The van der Waals surface area contributed by atoms with E-state index in [1.165, 1.54) is 6.07 Å². The zero-order chi connectivity index (χ0) is 16.1. The van der Waals surface area contributed by atoms with E-state index in [4.69, 9.17) is 34.8 Å². The highest BCUT2D eigenvalue weighted by Crippen LogP contribution is 2.38. The maximum absolute atomic E-state index is 11.8. The molecule has 0 saturated heterocycles. The van der Waals surface area contributed by atoms with Gasteiger partial charge in [0.15, 0.2) is 0 Å². The number of halogens is 3. The highest BCUT2D eigenvalue weighted by Gasteiger charge is 2.15. The van der Waals surface area contributed by atoms with Crippen molar-refractivity contribution in [1.29, 1.82) is 0 Å². The third-order valence-electron chi connectivity index (χ3n) is 2.96. The van der Waals surface area contributed by atoms with Crippen LogP contribution < -0.4 is 10.6 Å². The molecule has 0 unspecified atom stereocenters. The third-order valence-corrected chi connectivity index (χ3v) is 4.08. The fraction of sp³-hybridized carbons (Fsp3) is 0.133. The molecule has 2 aromatic rings. The first kappa shape index (κ1) is 16.7. The number of hydrogen-bond donors (Lipinski definition) is 3. The van der Waals surface area contributed by atoms with Gasteiger partial charge in [-0.2, -0.15) is 0 Å². The third kappa shape index (κ3) is 4.19. The number of urea groups is 1. The molecule has 0 aliphatic carbocycles. The Hall–Kier alpha value is -1.62. The zero-order valence-electron chi connectivity index (χ0n) is 11.4. The number of phenolic OH excluding ortho intramolecular Hbond substituents is 1. The topological polar surface area (TPSA) is 61.4 Å². The number of phenols is 1. The fourth-order valence-electron chi connectivity index (χ4n) is 1.81. The maximum Gasteiger partial charge on any atom is 0.315 e. The van der Waals surface area contributed by atoms with Crippen LogP contribution in [0.15, 0.2) is 36.4 Å². The number of rotatable bonds is 4. The Labute approximate surface area is 143 Å². The molecular formula is C15H13Cl3N2O2. The second-order valence-corrected chi connectivity index (χ2v) is 5.70. The number of carbonyl (C=O) groups is 1. The van der Waals surface area contributed by atoms with Crippen molar-refractivity contribution in [2.24, 2.45) is 0 Å². The van der Waals surface area contributed by atoms with Crippen molar-refractivity contribution >= 4 is 40.8 Å². The molecule has 4 nitrogen and oxygen atoms in total. The van der Waals surface area contributed by atoms with Crippen molar-refractivity contribution in [3.05, 3.63) is 62.6 Å². The van der Waals surface area contributed by atoms with Gasteiger partial charge in [0.1, 0.15) is 5.75 Å². The van der Waals surface area contributed by atoms with Crippen LogP contribution in [0.5, 0.6) is 5.75 Å². The predicted molar refractivity (Wildman–Crippen MR) is 88.7 cm³/mol. The van der Waals surface area contributed by atoms with Gasteiger partial charge in [-0.05, 0) is 11.6 Å². The van der Waals surface area contributed by atoms with Crippen molar-refractivity contribution in [2.75, 3.05) is 0 Å². The van der Waals surface area contributed by atoms with Gasteiger partial charge in [-0.3, -0.25) is 0 Å². The molecule has 22 heavy (non-hydrogen) atoms. The van der Waals surface area contributed by atoms with E-state index in [1.807, 2.05) is 30.3 Å². The molecule has 0 radical (unpaired) electrons. The standard InChI is InChI=1S/C15H13Cl3N2O2/c16-11-6-12(17)14(21)10(13(11)18)8-20-15(22)19-7-9-4-2-1-3-5-9/h1-6,21H,7-8H2,(H2,19,20,22). The first-order valence-electron chi connectivity index (χ1n) is 6.40. The molecule has 0 fully saturated rings. The van der Waals surface area contributed by atoms with Crippen molar-refractivity contribution < 1.29 is 9.90 Å². The number of carbonyl (C=O) groups excluding carboxylic acids is 1. The molecule has 0 aliphatic rings. The average Bonchev–Trinajstić information content (AvgIpc) is 2.52. The summed E-state index contributed by atoms with van der Waals surface area (Å²) in [7, 11) is 0. The summed E-state index contributed by atoms with van der Waals surface area (Å²) in [5.41, 5.74) is 1.25. The van der Waals surface area contributed by atoms with Crippen LogP contribution >= 0.6 is 34.8 Å². The Morgan fingerprint density at radius 3 is 2.32 bits per heavy atom. The van der Waals surface area contributed by atoms with Crippen LogP contribution in [0.4, 0.5) is 4.79 Å². The number of amides is 2. The molecule has 0 aliphatic heterocycles. The lowest BCUT2D eigenvalue weighted by molar-refractivity contribution is 0.240. The van der Waals surface area contributed by atoms with Crippen LogP contribution in [-0.2, 0) is 13.1 Å². The SMILES string of the molecule is O=C(NCc1ccccc1)NCc1c(O)c(Cl)cc(Cl)c1Cl. The summed E-state index contributed by atoms with van der Waals surface area (Å²) in [4.78, 5) is 11.8. The van der Waals surface area contributed by atoms with E-state index in [2.05, 4.69) is 10.6 Å². The van der Waals surface area contributed by atoms with Gasteiger partial charge in [0.2, 0.25) is 0 Å². The maximum atomic E-state index is 11.8. The monoisotopic (exact) mass is 358 g/mol. The zero-order valence-corrected chi connectivity index (χ0v) is 13.6. The van der Waals surface area contributed by atoms with Crippen LogP contribution in [0.1, 0.15) is 11.1 Å². The van der Waals surface area contributed by atoms with Gasteiger partial charge in [0.25, 0.3) is 0 Å². The second kappa shape index (κ2) is 7.58. The summed E-state index contributed by atoms with van der Waals surface area (Å²) < 4.78 is 0. The van der Waals surface area contributed by atoms with Gasteiger partial charge < -0.3 is 15.7 Å². The van der Waals surface area contributed by atoms with Crippen molar-refractivity contribution in [2.45, 2.75) is 13.1 Å². The van der Waals surface area contributed by atoms with E-state index < -0.39 is 6.03 Å². The highest BCUT2D eigenvalue weighted by molar-refractivity contribution is 6.44. The summed E-state index contributed by atoms with van der Waals surface area (Å²) in [6.45, 7) is 0.397. The van der Waals surface area contributed by atoms with Gasteiger partial charge in [-0.15, -0.1) is 0 Å². The highest BCUT2D eigenvalue weighted by atomic mass is 35.5. The quantitative estimate of drug-likeness (QED) is 0.711. The Morgan fingerprint density at radius 1 is 1.00 bits per heavy atom. The van der Waals surface area contributed by atoms with Gasteiger partial charge in [0, 0.05) is 18.7 Å². The molecule has 0 spiro atoms. The average molecular weight is 360 g/mol. The summed E-state index contributed by atoms with van der Waals surface area (Å²) in [6.07, 6.45) is 0. The van der Waals surface area contributed by atoms with Gasteiger partial charge in [0.05, 0.1) is 15.1 Å². The van der Waals surface area contributed by atoms with Crippen molar-refractivity contribution in [3.63, 3.8) is 0 Å². The van der Waals surface area contributed by atoms with Crippen molar-refractivity contribution in [3.8, 4) is 5.75 Å². The summed E-state index contributed by atoms with van der Waals surface area (Å²) in [6, 6.07) is 10.4. The minimum absolute atomic E-state index is 0.00553. The molecular weight excluding hydrogens is 347 g/mol. The molecule has 116 valence electrons. The van der Waals surface area contributed by atoms with Crippen LogP contribution in [0.3, 0.4) is 0 Å². The number of aromatic hydroxyl groups is 1. The van der Waals surface area contributed by atoms with Crippen LogP contribution in [0, 0.1) is 0 Å². The molecule has 2 aromatic carbocycles. The molecule has 0 atom stereocenters. The summed E-state index contributed by atoms with van der Waals surface area (Å²) in [5, 5.41) is 15.6. The number of nitrogens with one attached hydrogen (secondary N) is 2. The molecule has 7 heteroatoms. The smallest absolute Gasteiger partial charge is 0.315 e. The molecule has 0 heterocycles. The Kier molecular flexibility index (Phi) is 5.77. The number of hydrogen-bond acceptors (Lipinski definition) is 2. The first-order chi connectivity index (χ1) is 10.5. The minimum Gasteiger partial charge on any atom is -0.506 e. The van der Waals surface area contributed by atoms with E-state index in [-0.39, 0.29) is 32.9 Å². The minimum atomic E-state index is -0.393. The normalized spacial score (nSPS) is 10.3. The molecule has 2 amide bonds. The van der Waals surface area contributed by atoms with Crippen LogP contribution in [0.25, 0.3) is 0 Å². The van der Waals surface area contributed by atoms with Crippen LogP contribution in [0.2, 0.25) is 15.1 Å². The lowest BCUT2D eigenvalue weighted by atomic mass is 10.2. The Bertz CT molecular complexity index is 652. The Morgan fingerprint density at radius 2 is 1.64 bits per heavy atom. The molecule has 2 rings (SSSR count). The van der Waals surface area contributed by atoms with Crippen LogP contribution in [-0.4, -0.2) is 11.1 Å². The Balaban J connectivity index is 1.94. The van der Waals surface area contributed by atoms with Gasteiger partial charge >= 0.3 is 6.03 Å². The van der Waals surface area contributed by atoms with E-state index in [0.29, 0.717) is 6.54 Å². The largest absolute Gasteiger partial charge is 0.506 e. The summed E-state index contributed by atoms with van der Waals surface area (Å²) in [5.74, 6) is -0.195. The first-order valence-corrected chi connectivity index (χ1v) is 7.53. The van der Waals surface area contributed by atoms with Gasteiger partial charge in [-0.1, -0.05) is 65.1 Å². The van der Waals surface area contributed by atoms with E-state index in [9.17, 15) is 9.90 Å². The van der Waals surface area contributed by atoms with E-state index >= 15 is 0 Å². The van der Waals surface area contributed by atoms with E-state index in [1.54, 1.807) is 0 Å². The lowest BCUT2D eigenvalue weighted by Crippen LogP contribution is -2.34. The van der Waals surface area contributed by atoms with Gasteiger partial charge in [-0.25, -0.2) is 4.79 Å². The van der Waals surface area contributed by atoms with Crippen molar-refractivity contribution in [1.82, 2.24) is 10.6 Å². The van der Waals surface area contributed by atoms with E-state index in [0.717, 1.165) is 5.56 Å². The molecule has 3 N–H and O–H groups in total. The molecule has 0 bridgehead atoms. The fourth-order valence-corrected chi connectivity index (χ4v) is 2.52. The summed E-state index contributed by atoms with van der Waals surface area (Å²) >= 11 is 17.7. The number of benzene rings is 2. The second-order valence-electron chi connectivity index (χ2n) is 4.50. The lowest BCUT2D eigenvalue weighted by Gasteiger charge is -2.12. The molecule has 0 aromatic heterocycles.